The Morgan fingerprint density at radius 3 is 2.21 bits per heavy atom. The predicted octanol–water partition coefficient (Wildman–Crippen LogP) is 1.58. The number of hydrogen-bond donors (Lipinski definition) is 1. The minimum atomic E-state index is -3.30. The fourth-order valence-electron chi connectivity index (χ4n) is 0.977. The minimum absolute atomic E-state index is 0. The molecule has 80 valence electrons. The Hall–Kier alpha value is -0.590. The van der Waals surface area contributed by atoms with Crippen molar-refractivity contribution in [3.8, 4) is 0 Å². The molecule has 0 radical (unpaired) electrons. The maximum absolute atomic E-state index is 11.1. The molecule has 0 spiro atoms. The molecule has 0 aromatic carbocycles. The van der Waals surface area contributed by atoms with E-state index in [4.69, 9.17) is 5.11 Å². The molecule has 0 unspecified atom stereocenters. The van der Waals surface area contributed by atoms with Gasteiger partial charge in [0.2, 0.25) is 0 Å². The molecule has 1 rings (SSSR count). The largest absolute Gasteiger partial charge is 0.477 e. The van der Waals surface area contributed by atoms with Gasteiger partial charge >= 0.3 is 5.97 Å². The number of halogens is 1. The summed E-state index contributed by atoms with van der Waals surface area (Å²) < 4.78 is 22.2. The molecule has 0 saturated carbocycles. The summed E-state index contributed by atoms with van der Waals surface area (Å²) in [5, 5.41) is 10.0. The van der Waals surface area contributed by atoms with E-state index in [0.717, 1.165) is 17.6 Å². The molecule has 1 aromatic heterocycles. The van der Waals surface area contributed by atoms with E-state index in [1.807, 2.05) is 0 Å². The van der Waals surface area contributed by atoms with Crippen LogP contribution in [0.25, 0.3) is 0 Å². The lowest BCUT2D eigenvalue weighted by Gasteiger charge is -1.95. The van der Waals surface area contributed by atoms with Gasteiger partial charge in [0.15, 0.2) is 9.84 Å². The van der Waals surface area contributed by atoms with Crippen LogP contribution in [0.3, 0.4) is 0 Å². The van der Waals surface area contributed by atoms with Gasteiger partial charge in [-0.25, -0.2) is 13.2 Å². The Bertz CT molecular complexity index is 446. The van der Waals surface area contributed by atoms with E-state index in [1.165, 1.54) is 12.3 Å². The van der Waals surface area contributed by atoms with Crippen LogP contribution in [0.4, 0.5) is 0 Å². The number of rotatable bonds is 2. The van der Waals surface area contributed by atoms with Crippen LogP contribution in [0.2, 0.25) is 0 Å². The van der Waals surface area contributed by atoms with Crippen LogP contribution in [-0.4, -0.2) is 25.7 Å². The smallest absolute Gasteiger partial charge is 0.346 e. The third-order valence-corrected chi connectivity index (χ3v) is 4.03. The molecule has 0 aliphatic rings. The number of hydrogen-bond acceptors (Lipinski definition) is 4. The summed E-state index contributed by atoms with van der Waals surface area (Å²) in [6.45, 7) is 1.50. The molecule has 0 saturated heterocycles. The van der Waals surface area contributed by atoms with Gasteiger partial charge in [-0.3, -0.25) is 0 Å². The van der Waals surface area contributed by atoms with Gasteiger partial charge in [0, 0.05) is 11.6 Å². The number of sulfone groups is 1. The van der Waals surface area contributed by atoms with Gasteiger partial charge in [-0.15, -0.1) is 23.7 Å². The van der Waals surface area contributed by atoms with Gasteiger partial charge in [0.25, 0.3) is 0 Å². The molecule has 1 heterocycles. The topological polar surface area (TPSA) is 71.4 Å². The monoisotopic (exact) mass is 256 g/mol. The Kier molecular flexibility index (Phi) is 4.11. The van der Waals surface area contributed by atoms with E-state index in [0.29, 0.717) is 5.56 Å². The Balaban J connectivity index is 0.00000169. The summed E-state index contributed by atoms with van der Waals surface area (Å²) in [6.07, 6.45) is 1.06. The van der Waals surface area contributed by atoms with Crippen LogP contribution in [0, 0.1) is 6.92 Å². The van der Waals surface area contributed by atoms with Crippen LogP contribution >= 0.6 is 23.7 Å². The average molecular weight is 257 g/mol. The zero-order valence-electron chi connectivity index (χ0n) is 7.47. The van der Waals surface area contributed by atoms with E-state index in [2.05, 4.69) is 0 Å². The molecule has 0 aliphatic carbocycles. The van der Waals surface area contributed by atoms with E-state index in [1.54, 1.807) is 0 Å². The lowest BCUT2D eigenvalue weighted by atomic mass is 10.3. The second-order valence-electron chi connectivity index (χ2n) is 2.63. The lowest BCUT2D eigenvalue weighted by Crippen LogP contribution is -2.00. The highest BCUT2D eigenvalue weighted by Crippen LogP contribution is 2.25. The number of thiophene rings is 1. The Morgan fingerprint density at radius 2 is 2.00 bits per heavy atom. The van der Waals surface area contributed by atoms with Crippen LogP contribution in [0.5, 0.6) is 0 Å². The summed E-state index contributed by atoms with van der Waals surface area (Å²) in [5.74, 6) is -1.09. The van der Waals surface area contributed by atoms with Crippen LogP contribution < -0.4 is 0 Å². The van der Waals surface area contributed by atoms with Crippen LogP contribution in [-0.2, 0) is 9.84 Å². The van der Waals surface area contributed by atoms with Crippen molar-refractivity contribution in [3.63, 3.8) is 0 Å². The average Bonchev–Trinajstić information content (AvgIpc) is 2.28. The van der Waals surface area contributed by atoms with Crippen molar-refractivity contribution in [2.24, 2.45) is 0 Å². The third kappa shape index (κ3) is 2.46. The van der Waals surface area contributed by atoms with Gasteiger partial charge < -0.3 is 5.11 Å². The predicted molar refractivity (Wildman–Crippen MR) is 56.4 cm³/mol. The quantitative estimate of drug-likeness (QED) is 0.872. The van der Waals surface area contributed by atoms with E-state index >= 15 is 0 Å². The van der Waals surface area contributed by atoms with E-state index in [-0.39, 0.29) is 22.2 Å². The van der Waals surface area contributed by atoms with Crippen molar-refractivity contribution in [2.75, 3.05) is 6.26 Å². The molecular formula is C7H9ClO4S2. The second-order valence-corrected chi connectivity index (χ2v) is 5.50. The zero-order valence-corrected chi connectivity index (χ0v) is 9.92. The minimum Gasteiger partial charge on any atom is -0.477 e. The highest BCUT2D eigenvalue weighted by Gasteiger charge is 2.19. The summed E-state index contributed by atoms with van der Waals surface area (Å²) in [4.78, 5) is 10.8. The molecule has 0 fully saturated rings. The van der Waals surface area contributed by atoms with Gasteiger partial charge in [0.1, 0.15) is 4.88 Å². The van der Waals surface area contributed by atoms with Gasteiger partial charge in [-0.05, 0) is 12.5 Å². The maximum Gasteiger partial charge on any atom is 0.346 e. The van der Waals surface area contributed by atoms with Gasteiger partial charge in [-0.2, -0.15) is 0 Å². The summed E-state index contributed by atoms with van der Waals surface area (Å²) in [6, 6.07) is 0. The van der Waals surface area contributed by atoms with Crippen LogP contribution in [0.15, 0.2) is 10.3 Å². The van der Waals surface area contributed by atoms with E-state index in [9.17, 15) is 13.2 Å². The highest BCUT2D eigenvalue weighted by atomic mass is 35.5. The molecule has 4 nitrogen and oxygen atoms in total. The zero-order chi connectivity index (χ0) is 10.2. The molecule has 7 heteroatoms. The Labute approximate surface area is 91.9 Å². The fourth-order valence-corrected chi connectivity index (χ4v) is 3.33. The standard InChI is InChI=1S/C7H8O4S2.ClH/c1-4-5(13(2,10)11)3-12-6(4)7(8)9;/h3H,1-2H3,(H,8,9);1H. The number of aromatic carboxylic acids is 1. The molecular weight excluding hydrogens is 248 g/mol. The van der Waals surface area contributed by atoms with Crippen molar-refractivity contribution in [1.29, 1.82) is 0 Å². The summed E-state index contributed by atoms with van der Waals surface area (Å²) >= 11 is 0.932. The Morgan fingerprint density at radius 1 is 1.50 bits per heavy atom. The lowest BCUT2D eigenvalue weighted by molar-refractivity contribution is 0.0701. The SMILES string of the molecule is Cc1c(S(C)(=O)=O)csc1C(=O)O.Cl. The molecule has 1 N–H and O–H groups in total. The van der Waals surface area contributed by atoms with Gasteiger partial charge in [-0.1, -0.05) is 0 Å². The first-order valence-electron chi connectivity index (χ1n) is 3.35. The molecule has 0 aliphatic heterocycles. The van der Waals surface area contributed by atoms with Gasteiger partial charge in [0.05, 0.1) is 4.90 Å². The molecule has 14 heavy (non-hydrogen) atoms. The maximum atomic E-state index is 11.1. The first kappa shape index (κ1) is 13.4. The van der Waals surface area contributed by atoms with Crippen molar-refractivity contribution < 1.29 is 18.3 Å². The van der Waals surface area contributed by atoms with Crippen molar-refractivity contribution in [2.45, 2.75) is 11.8 Å². The molecule has 0 atom stereocenters. The third-order valence-electron chi connectivity index (χ3n) is 1.59. The van der Waals surface area contributed by atoms with Crippen molar-refractivity contribution >= 4 is 39.6 Å². The molecule has 0 amide bonds. The highest BCUT2D eigenvalue weighted by molar-refractivity contribution is 7.90. The van der Waals surface area contributed by atoms with E-state index < -0.39 is 15.8 Å². The normalized spacial score (nSPS) is 10.7. The second kappa shape index (κ2) is 4.29. The number of carboxylic acids is 1. The first-order chi connectivity index (χ1) is 5.84. The first-order valence-corrected chi connectivity index (χ1v) is 6.12. The van der Waals surface area contributed by atoms with Crippen molar-refractivity contribution in [3.05, 3.63) is 15.8 Å². The summed E-state index contributed by atoms with van der Waals surface area (Å²) in [7, 11) is -3.30. The van der Waals surface area contributed by atoms with Crippen molar-refractivity contribution in [1.82, 2.24) is 0 Å². The van der Waals surface area contributed by atoms with Crippen LogP contribution in [0.1, 0.15) is 15.2 Å². The fraction of sp³-hybridized carbons (Fsp3) is 0.286. The molecule has 0 bridgehead atoms. The number of carbonyl (C=O) groups is 1. The summed E-state index contributed by atoms with van der Waals surface area (Å²) in [5.41, 5.74) is 0.319. The number of carboxylic acid groups (broad SMARTS) is 1. The molecule has 1 aromatic rings.